The van der Waals surface area contributed by atoms with Gasteiger partial charge in [0.05, 0.1) is 6.26 Å². The van der Waals surface area contributed by atoms with E-state index in [1.165, 1.54) is 11.3 Å². The Morgan fingerprint density at radius 2 is 2.27 bits per heavy atom. The van der Waals surface area contributed by atoms with Gasteiger partial charge >= 0.3 is 0 Å². The summed E-state index contributed by atoms with van der Waals surface area (Å²) in [6, 6.07) is 0. The number of thiazole rings is 1. The molecule has 86 valence electrons. The topological polar surface area (TPSA) is 71.1 Å². The fraction of sp³-hybridized carbons (Fsp3) is 0.571. The van der Waals surface area contributed by atoms with Gasteiger partial charge < -0.3 is 5.32 Å². The first kappa shape index (κ1) is 12.9. The molecular formula is C7H12BrN3O2S2. The lowest BCUT2D eigenvalue weighted by Crippen LogP contribution is -2.24. The third kappa shape index (κ3) is 6.08. The van der Waals surface area contributed by atoms with Crippen molar-refractivity contribution in [3.63, 3.8) is 0 Å². The van der Waals surface area contributed by atoms with Crippen LogP contribution in [0.2, 0.25) is 0 Å². The highest BCUT2D eigenvalue weighted by Gasteiger charge is 2.00. The van der Waals surface area contributed by atoms with E-state index in [0.29, 0.717) is 13.1 Å². The predicted octanol–water partition coefficient (Wildman–Crippen LogP) is 1.26. The standard InChI is InChI=1S/C7H12BrN3O2S2/c1-15(12,13)10-4-2-3-9-7-11-6(8)5-14-7/h5,10H,2-4H2,1H3,(H,9,11). The lowest BCUT2D eigenvalue weighted by Gasteiger charge is -2.03. The third-order valence-corrected chi connectivity index (χ3v) is 3.71. The summed E-state index contributed by atoms with van der Waals surface area (Å²) >= 11 is 4.75. The summed E-state index contributed by atoms with van der Waals surface area (Å²) in [5.41, 5.74) is 0. The van der Waals surface area contributed by atoms with Crippen molar-refractivity contribution in [3.8, 4) is 0 Å². The molecule has 0 amide bonds. The molecule has 5 nitrogen and oxygen atoms in total. The number of rotatable bonds is 6. The maximum atomic E-state index is 10.7. The summed E-state index contributed by atoms with van der Waals surface area (Å²) in [6.07, 6.45) is 1.88. The molecule has 0 aliphatic rings. The zero-order valence-electron chi connectivity index (χ0n) is 8.16. The molecule has 0 aromatic carbocycles. The van der Waals surface area contributed by atoms with Crippen LogP contribution in [0.3, 0.4) is 0 Å². The van der Waals surface area contributed by atoms with Crippen LogP contribution in [-0.2, 0) is 10.0 Å². The highest BCUT2D eigenvalue weighted by molar-refractivity contribution is 9.10. The Morgan fingerprint density at radius 1 is 1.53 bits per heavy atom. The fourth-order valence-corrected chi connectivity index (χ4v) is 2.56. The Morgan fingerprint density at radius 3 is 2.80 bits per heavy atom. The van der Waals surface area contributed by atoms with Crippen molar-refractivity contribution < 1.29 is 8.42 Å². The lowest BCUT2D eigenvalue weighted by molar-refractivity contribution is 0.586. The van der Waals surface area contributed by atoms with Crippen LogP contribution in [0.25, 0.3) is 0 Å². The minimum absolute atomic E-state index is 0.443. The van der Waals surface area contributed by atoms with Crippen molar-refractivity contribution in [1.82, 2.24) is 9.71 Å². The summed E-state index contributed by atoms with van der Waals surface area (Å²) in [7, 11) is -3.06. The molecule has 15 heavy (non-hydrogen) atoms. The molecule has 1 aromatic rings. The predicted molar refractivity (Wildman–Crippen MR) is 65.8 cm³/mol. The number of halogens is 1. The van der Waals surface area contributed by atoms with E-state index in [0.717, 1.165) is 22.4 Å². The fourth-order valence-electron chi connectivity index (χ4n) is 0.877. The SMILES string of the molecule is CS(=O)(=O)NCCCNc1nc(Br)cs1. The minimum Gasteiger partial charge on any atom is -0.361 e. The Hall–Kier alpha value is -0.180. The molecule has 0 fully saturated rings. The van der Waals surface area contributed by atoms with Gasteiger partial charge in [0.15, 0.2) is 5.13 Å². The highest BCUT2D eigenvalue weighted by atomic mass is 79.9. The number of sulfonamides is 1. The summed E-state index contributed by atoms with van der Waals surface area (Å²) < 4.78 is 24.7. The van der Waals surface area contributed by atoms with E-state index < -0.39 is 10.0 Å². The van der Waals surface area contributed by atoms with Crippen LogP contribution in [0.5, 0.6) is 0 Å². The molecule has 1 aromatic heterocycles. The second-order valence-electron chi connectivity index (χ2n) is 2.92. The van der Waals surface area contributed by atoms with E-state index in [-0.39, 0.29) is 0 Å². The molecule has 0 saturated heterocycles. The summed E-state index contributed by atoms with van der Waals surface area (Å²) in [6.45, 7) is 1.14. The van der Waals surface area contributed by atoms with Gasteiger partial charge in [-0.05, 0) is 22.4 Å². The van der Waals surface area contributed by atoms with E-state index in [1.807, 2.05) is 5.38 Å². The summed E-state index contributed by atoms with van der Waals surface area (Å²) in [4.78, 5) is 4.14. The summed E-state index contributed by atoms with van der Waals surface area (Å²) in [5.74, 6) is 0. The lowest BCUT2D eigenvalue weighted by atomic mass is 10.4. The van der Waals surface area contributed by atoms with E-state index >= 15 is 0 Å². The van der Waals surface area contributed by atoms with Crippen LogP contribution >= 0.6 is 27.3 Å². The third-order valence-electron chi connectivity index (χ3n) is 1.47. The first-order valence-electron chi connectivity index (χ1n) is 4.27. The second-order valence-corrected chi connectivity index (χ2v) is 6.43. The van der Waals surface area contributed by atoms with Gasteiger partial charge in [-0.1, -0.05) is 0 Å². The molecule has 0 saturated carbocycles. The average Bonchev–Trinajstić information content (AvgIpc) is 2.49. The number of anilines is 1. The van der Waals surface area contributed by atoms with E-state index in [1.54, 1.807) is 0 Å². The van der Waals surface area contributed by atoms with E-state index in [2.05, 4.69) is 31.0 Å². The van der Waals surface area contributed by atoms with Gasteiger partial charge in [0.25, 0.3) is 0 Å². The Labute approximate surface area is 101 Å². The smallest absolute Gasteiger partial charge is 0.208 e. The molecule has 0 aliphatic heterocycles. The average molecular weight is 314 g/mol. The van der Waals surface area contributed by atoms with Crippen molar-refractivity contribution in [2.45, 2.75) is 6.42 Å². The van der Waals surface area contributed by atoms with Crippen LogP contribution in [-0.4, -0.2) is 32.7 Å². The van der Waals surface area contributed by atoms with Crippen molar-refractivity contribution >= 4 is 42.4 Å². The maximum Gasteiger partial charge on any atom is 0.208 e. The quantitative estimate of drug-likeness (QED) is 0.776. The zero-order chi connectivity index (χ0) is 11.3. The van der Waals surface area contributed by atoms with E-state index in [4.69, 9.17) is 0 Å². The zero-order valence-corrected chi connectivity index (χ0v) is 11.4. The number of nitrogens with zero attached hydrogens (tertiary/aromatic N) is 1. The molecule has 8 heteroatoms. The molecule has 0 spiro atoms. The Bertz CT molecular complexity index is 404. The monoisotopic (exact) mass is 313 g/mol. The largest absolute Gasteiger partial charge is 0.361 e. The number of nitrogens with one attached hydrogen (secondary N) is 2. The van der Waals surface area contributed by atoms with Gasteiger partial charge in [0, 0.05) is 18.5 Å². The maximum absolute atomic E-state index is 10.7. The molecule has 0 unspecified atom stereocenters. The van der Waals surface area contributed by atoms with E-state index in [9.17, 15) is 8.42 Å². The molecule has 0 atom stereocenters. The van der Waals surface area contributed by atoms with Gasteiger partial charge in [-0.2, -0.15) is 0 Å². The van der Waals surface area contributed by atoms with Crippen LogP contribution < -0.4 is 10.0 Å². The number of aromatic nitrogens is 1. The first-order valence-corrected chi connectivity index (χ1v) is 7.83. The van der Waals surface area contributed by atoms with Gasteiger partial charge in [-0.25, -0.2) is 18.1 Å². The number of hydrogen-bond acceptors (Lipinski definition) is 5. The van der Waals surface area contributed by atoms with Crippen molar-refractivity contribution in [2.75, 3.05) is 24.7 Å². The highest BCUT2D eigenvalue weighted by Crippen LogP contribution is 2.18. The first-order chi connectivity index (χ1) is 6.97. The Balaban J connectivity index is 2.12. The molecule has 0 bridgehead atoms. The second kappa shape index (κ2) is 5.78. The van der Waals surface area contributed by atoms with Crippen LogP contribution in [0.4, 0.5) is 5.13 Å². The van der Waals surface area contributed by atoms with Gasteiger partial charge in [0.1, 0.15) is 4.60 Å². The minimum atomic E-state index is -3.06. The van der Waals surface area contributed by atoms with Crippen molar-refractivity contribution in [2.24, 2.45) is 0 Å². The molecular weight excluding hydrogens is 302 g/mol. The van der Waals surface area contributed by atoms with Crippen molar-refractivity contribution in [3.05, 3.63) is 9.98 Å². The molecule has 1 rings (SSSR count). The number of hydrogen-bond donors (Lipinski definition) is 2. The van der Waals surface area contributed by atoms with Gasteiger partial charge in [0.2, 0.25) is 10.0 Å². The van der Waals surface area contributed by atoms with Crippen LogP contribution in [0.15, 0.2) is 9.98 Å². The normalized spacial score (nSPS) is 11.6. The molecule has 2 N–H and O–H groups in total. The Kier molecular flexibility index (Phi) is 4.97. The van der Waals surface area contributed by atoms with Crippen LogP contribution in [0, 0.1) is 0 Å². The molecule has 1 heterocycles. The van der Waals surface area contributed by atoms with Crippen molar-refractivity contribution in [1.29, 1.82) is 0 Å². The van der Waals surface area contributed by atoms with Gasteiger partial charge in [-0.3, -0.25) is 0 Å². The van der Waals surface area contributed by atoms with Crippen LogP contribution in [0.1, 0.15) is 6.42 Å². The van der Waals surface area contributed by atoms with Gasteiger partial charge in [-0.15, -0.1) is 11.3 Å². The summed E-state index contributed by atoms with van der Waals surface area (Å²) in [5, 5.41) is 5.81. The molecule has 0 radical (unpaired) electrons. The molecule has 0 aliphatic carbocycles.